The van der Waals surface area contributed by atoms with Gasteiger partial charge < -0.3 is 10.4 Å². The number of phenols is 1. The van der Waals surface area contributed by atoms with Gasteiger partial charge in [-0.25, -0.2) is 0 Å². The van der Waals surface area contributed by atoms with E-state index in [1.54, 1.807) is 36.0 Å². The van der Waals surface area contributed by atoms with Crippen LogP contribution in [0.1, 0.15) is 21.5 Å². The van der Waals surface area contributed by atoms with E-state index in [9.17, 15) is 9.90 Å². The van der Waals surface area contributed by atoms with Gasteiger partial charge in [0.25, 0.3) is 5.91 Å². The smallest absolute Gasteiger partial charge is 0.255 e. The number of hydrogen-bond donors (Lipinski definition) is 2. The van der Waals surface area contributed by atoms with Gasteiger partial charge in [0, 0.05) is 25.4 Å². The topological polar surface area (TPSA) is 67.2 Å². The molecule has 0 saturated carbocycles. The number of aromatic hydroxyl groups is 1. The number of para-hydroxylation sites is 1. The quantitative estimate of drug-likeness (QED) is 0.858. The van der Waals surface area contributed by atoms with Gasteiger partial charge in [0.15, 0.2) is 0 Å². The Balaban J connectivity index is 2.06. The summed E-state index contributed by atoms with van der Waals surface area (Å²) in [6.07, 6.45) is 3.52. The summed E-state index contributed by atoms with van der Waals surface area (Å²) in [7, 11) is 1.82. The lowest BCUT2D eigenvalue weighted by Gasteiger charge is -2.07. The minimum Gasteiger partial charge on any atom is -0.507 e. The van der Waals surface area contributed by atoms with Gasteiger partial charge in [0.05, 0.1) is 11.8 Å². The molecule has 2 rings (SSSR count). The van der Waals surface area contributed by atoms with Crippen molar-refractivity contribution < 1.29 is 9.90 Å². The molecule has 5 heteroatoms. The summed E-state index contributed by atoms with van der Waals surface area (Å²) in [5.74, 6) is -0.263. The first kappa shape index (κ1) is 12.2. The van der Waals surface area contributed by atoms with Gasteiger partial charge in [0.1, 0.15) is 5.75 Å². The fraction of sp³-hybridized carbons (Fsp3) is 0.231. The van der Waals surface area contributed by atoms with Crippen LogP contribution >= 0.6 is 0 Å². The van der Waals surface area contributed by atoms with E-state index in [4.69, 9.17) is 0 Å². The number of phenolic OH excluding ortho intramolecular Hbond substituents is 1. The fourth-order valence-electron chi connectivity index (χ4n) is 1.68. The summed E-state index contributed by atoms with van der Waals surface area (Å²) >= 11 is 0. The Hall–Kier alpha value is -2.30. The molecule has 0 aliphatic carbocycles. The average molecular weight is 245 g/mol. The molecule has 0 saturated heterocycles. The van der Waals surface area contributed by atoms with Crippen LogP contribution in [-0.2, 0) is 13.6 Å². The van der Waals surface area contributed by atoms with Crippen molar-refractivity contribution >= 4 is 5.91 Å². The van der Waals surface area contributed by atoms with Crippen molar-refractivity contribution in [1.29, 1.82) is 0 Å². The highest BCUT2D eigenvalue weighted by molar-refractivity contribution is 5.97. The molecule has 1 heterocycles. The van der Waals surface area contributed by atoms with Crippen LogP contribution in [0, 0.1) is 6.92 Å². The molecule has 0 radical (unpaired) electrons. The first-order valence-electron chi connectivity index (χ1n) is 5.62. The normalized spacial score (nSPS) is 10.3. The maximum Gasteiger partial charge on any atom is 0.255 e. The number of amides is 1. The lowest BCUT2D eigenvalue weighted by molar-refractivity contribution is 0.0948. The summed E-state index contributed by atoms with van der Waals surface area (Å²) in [5, 5.41) is 16.6. The number of nitrogens with zero attached hydrogens (tertiary/aromatic N) is 2. The van der Waals surface area contributed by atoms with Crippen LogP contribution in [0.5, 0.6) is 5.75 Å². The zero-order chi connectivity index (χ0) is 13.1. The van der Waals surface area contributed by atoms with Crippen molar-refractivity contribution in [3.8, 4) is 5.75 Å². The molecular weight excluding hydrogens is 230 g/mol. The summed E-state index contributed by atoms with van der Waals surface area (Å²) in [6.45, 7) is 2.15. The Morgan fingerprint density at radius 1 is 1.50 bits per heavy atom. The van der Waals surface area contributed by atoms with Gasteiger partial charge in [-0.15, -0.1) is 0 Å². The molecule has 1 aromatic heterocycles. The number of aryl methyl sites for hydroxylation is 2. The molecule has 2 N–H and O–H groups in total. The number of carbonyl (C=O) groups excluding carboxylic acids is 1. The first-order chi connectivity index (χ1) is 8.58. The third kappa shape index (κ3) is 2.51. The van der Waals surface area contributed by atoms with Crippen molar-refractivity contribution in [3.05, 3.63) is 47.3 Å². The monoisotopic (exact) mass is 245 g/mol. The Morgan fingerprint density at radius 3 is 2.94 bits per heavy atom. The van der Waals surface area contributed by atoms with Gasteiger partial charge in [-0.3, -0.25) is 9.48 Å². The second-order valence-corrected chi connectivity index (χ2v) is 4.18. The summed E-state index contributed by atoms with van der Waals surface area (Å²) in [6, 6.07) is 5.10. The Morgan fingerprint density at radius 2 is 2.28 bits per heavy atom. The molecule has 0 spiro atoms. The van der Waals surface area contributed by atoms with E-state index < -0.39 is 0 Å². The molecule has 18 heavy (non-hydrogen) atoms. The largest absolute Gasteiger partial charge is 0.507 e. The van der Waals surface area contributed by atoms with E-state index >= 15 is 0 Å². The zero-order valence-electron chi connectivity index (χ0n) is 10.3. The maximum atomic E-state index is 11.9. The van der Waals surface area contributed by atoms with Crippen molar-refractivity contribution in [1.82, 2.24) is 15.1 Å². The SMILES string of the molecule is Cc1cccc(C(=O)NCc2cnn(C)c2)c1O. The molecule has 0 unspecified atom stereocenters. The van der Waals surface area contributed by atoms with Crippen molar-refractivity contribution in [2.75, 3.05) is 0 Å². The van der Waals surface area contributed by atoms with Gasteiger partial charge in [-0.1, -0.05) is 12.1 Å². The predicted molar refractivity (Wildman–Crippen MR) is 67.2 cm³/mol. The Kier molecular flexibility index (Phi) is 3.32. The second kappa shape index (κ2) is 4.91. The molecule has 0 aliphatic rings. The van der Waals surface area contributed by atoms with Crippen LogP contribution in [0.25, 0.3) is 0 Å². The van der Waals surface area contributed by atoms with E-state index in [-0.39, 0.29) is 11.7 Å². The molecule has 0 aliphatic heterocycles. The van der Waals surface area contributed by atoms with Crippen LogP contribution in [0.15, 0.2) is 30.6 Å². The summed E-state index contributed by atoms with van der Waals surface area (Å²) in [4.78, 5) is 11.9. The highest BCUT2D eigenvalue weighted by atomic mass is 16.3. The number of hydrogen-bond acceptors (Lipinski definition) is 3. The highest BCUT2D eigenvalue weighted by Crippen LogP contribution is 2.21. The van der Waals surface area contributed by atoms with E-state index in [0.29, 0.717) is 17.7 Å². The third-order valence-corrected chi connectivity index (χ3v) is 2.69. The van der Waals surface area contributed by atoms with Crippen molar-refractivity contribution in [2.24, 2.45) is 7.05 Å². The molecule has 94 valence electrons. The molecule has 1 aromatic carbocycles. The van der Waals surface area contributed by atoms with E-state index in [2.05, 4.69) is 10.4 Å². The molecule has 0 fully saturated rings. The van der Waals surface area contributed by atoms with E-state index in [1.165, 1.54) is 0 Å². The van der Waals surface area contributed by atoms with Crippen LogP contribution < -0.4 is 5.32 Å². The van der Waals surface area contributed by atoms with Gasteiger partial charge >= 0.3 is 0 Å². The van der Waals surface area contributed by atoms with Crippen molar-refractivity contribution in [2.45, 2.75) is 13.5 Å². The summed E-state index contributed by atoms with van der Waals surface area (Å²) in [5.41, 5.74) is 1.89. The molecule has 5 nitrogen and oxygen atoms in total. The van der Waals surface area contributed by atoms with E-state index in [0.717, 1.165) is 5.56 Å². The fourth-order valence-corrected chi connectivity index (χ4v) is 1.68. The zero-order valence-corrected chi connectivity index (χ0v) is 10.3. The van der Waals surface area contributed by atoms with Crippen LogP contribution in [0.2, 0.25) is 0 Å². The molecule has 1 amide bonds. The van der Waals surface area contributed by atoms with Crippen LogP contribution in [-0.4, -0.2) is 20.8 Å². The van der Waals surface area contributed by atoms with Gasteiger partial charge in [0.2, 0.25) is 0 Å². The van der Waals surface area contributed by atoms with Gasteiger partial charge in [-0.2, -0.15) is 5.10 Å². The van der Waals surface area contributed by atoms with Crippen LogP contribution in [0.4, 0.5) is 0 Å². The first-order valence-corrected chi connectivity index (χ1v) is 5.62. The predicted octanol–water partition coefficient (Wildman–Crippen LogP) is 1.36. The lowest BCUT2D eigenvalue weighted by atomic mass is 10.1. The maximum absolute atomic E-state index is 11.9. The standard InChI is InChI=1S/C13H15N3O2/c1-9-4-3-5-11(12(9)17)13(18)14-6-10-7-15-16(2)8-10/h3-5,7-8,17H,6H2,1-2H3,(H,14,18). The van der Waals surface area contributed by atoms with E-state index in [1.807, 2.05) is 13.2 Å². The minimum absolute atomic E-state index is 0.0289. The molecule has 0 atom stereocenters. The summed E-state index contributed by atoms with van der Waals surface area (Å²) < 4.78 is 1.67. The highest BCUT2D eigenvalue weighted by Gasteiger charge is 2.12. The lowest BCUT2D eigenvalue weighted by Crippen LogP contribution is -2.22. The molecule has 2 aromatic rings. The Labute approximate surface area is 105 Å². The number of rotatable bonds is 3. The minimum atomic E-state index is -0.292. The number of nitrogens with one attached hydrogen (secondary N) is 1. The average Bonchev–Trinajstić information content (AvgIpc) is 2.76. The molecule has 0 bridgehead atoms. The Bertz CT molecular complexity index is 575. The number of benzene rings is 1. The van der Waals surface area contributed by atoms with Crippen LogP contribution in [0.3, 0.4) is 0 Å². The third-order valence-electron chi connectivity index (χ3n) is 2.69. The number of carbonyl (C=O) groups is 1. The number of aromatic nitrogens is 2. The van der Waals surface area contributed by atoms with Crippen molar-refractivity contribution in [3.63, 3.8) is 0 Å². The molecular formula is C13H15N3O2. The second-order valence-electron chi connectivity index (χ2n) is 4.18. The van der Waals surface area contributed by atoms with Gasteiger partial charge in [-0.05, 0) is 18.6 Å².